The second kappa shape index (κ2) is 13.4. The fraction of sp³-hybridized carbons (Fsp3) is 0.188. The summed E-state index contributed by atoms with van der Waals surface area (Å²) in [6, 6.07) is 29.7. The summed E-state index contributed by atoms with van der Waals surface area (Å²) in [5, 5.41) is 10.7. The number of rotatable bonds is 12. The molecular weight excluding hydrogens is 484 g/mol. The Balaban J connectivity index is 1.36. The third-order valence-electron chi connectivity index (χ3n) is 6.30. The van der Waals surface area contributed by atoms with E-state index in [0.717, 1.165) is 33.9 Å². The Kier molecular flexibility index (Phi) is 8.97. The Labute approximate surface area is 229 Å². The monoisotopic (exact) mass is 516 g/mol. The van der Waals surface area contributed by atoms with Gasteiger partial charge in [-0.05, 0) is 71.8 Å². The molecule has 0 radical (unpaired) electrons. The lowest BCUT2D eigenvalue weighted by molar-refractivity contribution is 0.237. The summed E-state index contributed by atoms with van der Waals surface area (Å²) in [6.45, 7) is 3.99. The number of pyridine rings is 4. The summed E-state index contributed by atoms with van der Waals surface area (Å²) < 4.78 is 0. The van der Waals surface area contributed by atoms with E-state index in [4.69, 9.17) is 0 Å². The molecule has 0 saturated heterocycles. The lowest BCUT2D eigenvalue weighted by atomic mass is 10.1. The number of phenols is 1. The molecule has 4 aromatic heterocycles. The van der Waals surface area contributed by atoms with Crippen molar-refractivity contribution in [2.24, 2.45) is 0 Å². The third kappa shape index (κ3) is 8.26. The second-order valence-electron chi connectivity index (χ2n) is 9.58. The topological polar surface area (TPSA) is 78.3 Å². The minimum atomic E-state index is 0.258. The number of aromatic nitrogens is 4. The maximum atomic E-state index is 10.7. The molecule has 0 atom stereocenters. The Hall–Kier alpha value is -4.46. The van der Waals surface area contributed by atoms with Crippen LogP contribution in [0.5, 0.6) is 5.75 Å². The fourth-order valence-electron chi connectivity index (χ4n) is 4.66. The van der Waals surface area contributed by atoms with Crippen molar-refractivity contribution in [2.45, 2.75) is 39.3 Å². The predicted molar refractivity (Wildman–Crippen MR) is 151 cm³/mol. The molecule has 0 aliphatic rings. The SMILES string of the molecule is Oc1cc(CN(Cc2ccccn2)Cc2ccccn2)cc(CN(Cc2ccccn2)Cc2ccccn2)c1. The van der Waals surface area contributed by atoms with E-state index in [9.17, 15) is 5.11 Å². The van der Waals surface area contributed by atoms with Crippen molar-refractivity contribution in [3.8, 4) is 5.75 Å². The van der Waals surface area contributed by atoms with Gasteiger partial charge in [0.1, 0.15) is 5.75 Å². The van der Waals surface area contributed by atoms with Crippen LogP contribution in [0.1, 0.15) is 33.9 Å². The molecule has 0 bridgehead atoms. The van der Waals surface area contributed by atoms with Gasteiger partial charge in [-0.2, -0.15) is 0 Å². The van der Waals surface area contributed by atoms with Gasteiger partial charge in [0.25, 0.3) is 0 Å². The highest BCUT2D eigenvalue weighted by Gasteiger charge is 2.14. The van der Waals surface area contributed by atoms with E-state index < -0.39 is 0 Å². The molecule has 0 amide bonds. The van der Waals surface area contributed by atoms with Gasteiger partial charge in [0.2, 0.25) is 0 Å². The molecule has 7 nitrogen and oxygen atoms in total. The van der Waals surface area contributed by atoms with Crippen LogP contribution in [0.2, 0.25) is 0 Å². The van der Waals surface area contributed by atoms with Gasteiger partial charge in [-0.25, -0.2) is 0 Å². The zero-order valence-corrected chi connectivity index (χ0v) is 21.8. The molecule has 5 aromatic rings. The molecule has 0 saturated carbocycles. The molecule has 1 aromatic carbocycles. The molecule has 0 fully saturated rings. The van der Waals surface area contributed by atoms with Gasteiger partial charge in [0.05, 0.1) is 22.8 Å². The Morgan fingerprint density at radius 3 is 1.05 bits per heavy atom. The summed E-state index contributed by atoms with van der Waals surface area (Å²) in [5.41, 5.74) is 6.03. The number of nitrogens with zero attached hydrogens (tertiary/aromatic N) is 6. The molecule has 0 spiro atoms. The second-order valence-corrected chi connectivity index (χ2v) is 9.58. The zero-order valence-electron chi connectivity index (χ0n) is 21.8. The van der Waals surface area contributed by atoms with Crippen molar-refractivity contribution in [1.82, 2.24) is 29.7 Å². The van der Waals surface area contributed by atoms with E-state index in [2.05, 4.69) is 35.8 Å². The Morgan fingerprint density at radius 2 is 0.769 bits per heavy atom. The number of benzene rings is 1. The largest absolute Gasteiger partial charge is 0.508 e. The first-order valence-electron chi connectivity index (χ1n) is 13.1. The van der Waals surface area contributed by atoms with Crippen molar-refractivity contribution < 1.29 is 5.11 Å². The van der Waals surface area contributed by atoms with Gasteiger partial charge in [-0.1, -0.05) is 30.3 Å². The van der Waals surface area contributed by atoms with Crippen LogP contribution < -0.4 is 0 Å². The maximum Gasteiger partial charge on any atom is 0.116 e. The molecule has 196 valence electrons. The smallest absolute Gasteiger partial charge is 0.116 e. The van der Waals surface area contributed by atoms with Crippen molar-refractivity contribution in [3.05, 3.63) is 150 Å². The van der Waals surface area contributed by atoms with Crippen LogP contribution in [0, 0.1) is 0 Å². The highest BCUT2D eigenvalue weighted by Crippen LogP contribution is 2.22. The van der Waals surface area contributed by atoms with Crippen molar-refractivity contribution >= 4 is 0 Å². The highest BCUT2D eigenvalue weighted by molar-refractivity contribution is 5.34. The van der Waals surface area contributed by atoms with E-state index in [1.54, 1.807) is 0 Å². The fourth-order valence-corrected chi connectivity index (χ4v) is 4.66. The average Bonchev–Trinajstić information content (AvgIpc) is 2.95. The standard InChI is InChI=1S/C32H32N6O/c39-32-18-26(20-37(22-28-9-1-5-13-33-28)23-29-10-2-6-14-34-29)17-27(19-32)21-38(24-30-11-3-7-15-35-30)25-31-12-4-8-16-36-31/h1-19,39H,20-25H2. The quantitative estimate of drug-likeness (QED) is 0.239. The van der Waals surface area contributed by atoms with Crippen LogP contribution in [0.15, 0.2) is 116 Å². The first-order valence-corrected chi connectivity index (χ1v) is 13.1. The normalized spacial score (nSPS) is 11.2. The van der Waals surface area contributed by atoms with Gasteiger partial charge in [0, 0.05) is 64.1 Å². The van der Waals surface area contributed by atoms with E-state index in [-0.39, 0.29) is 5.75 Å². The van der Waals surface area contributed by atoms with E-state index in [1.165, 1.54) is 0 Å². The zero-order chi connectivity index (χ0) is 26.7. The van der Waals surface area contributed by atoms with Crippen molar-refractivity contribution in [3.63, 3.8) is 0 Å². The lowest BCUT2D eigenvalue weighted by Gasteiger charge is -2.24. The molecule has 4 heterocycles. The molecule has 5 rings (SSSR count). The maximum absolute atomic E-state index is 10.7. The molecule has 0 unspecified atom stereocenters. The summed E-state index contributed by atoms with van der Waals surface area (Å²) in [7, 11) is 0. The van der Waals surface area contributed by atoms with Crippen LogP contribution in [0.25, 0.3) is 0 Å². The van der Waals surface area contributed by atoms with Crippen molar-refractivity contribution in [2.75, 3.05) is 0 Å². The Morgan fingerprint density at radius 1 is 0.436 bits per heavy atom. The van der Waals surface area contributed by atoms with E-state index >= 15 is 0 Å². The minimum Gasteiger partial charge on any atom is -0.508 e. The van der Waals surface area contributed by atoms with Crippen molar-refractivity contribution in [1.29, 1.82) is 0 Å². The lowest BCUT2D eigenvalue weighted by Crippen LogP contribution is -2.24. The van der Waals surface area contributed by atoms with Gasteiger partial charge in [-0.15, -0.1) is 0 Å². The predicted octanol–water partition coefficient (Wildman–Crippen LogP) is 5.38. The van der Waals surface area contributed by atoms with Crippen LogP contribution in [0.3, 0.4) is 0 Å². The van der Waals surface area contributed by atoms with E-state index in [0.29, 0.717) is 39.3 Å². The first kappa shape index (κ1) is 26.2. The number of aromatic hydroxyl groups is 1. The number of hydrogen-bond donors (Lipinski definition) is 1. The molecule has 1 N–H and O–H groups in total. The minimum absolute atomic E-state index is 0.258. The molecule has 7 heteroatoms. The number of hydrogen-bond acceptors (Lipinski definition) is 7. The molecule has 0 aliphatic carbocycles. The van der Waals surface area contributed by atoms with Gasteiger partial charge < -0.3 is 5.11 Å². The van der Waals surface area contributed by atoms with Gasteiger partial charge in [-0.3, -0.25) is 29.7 Å². The van der Waals surface area contributed by atoms with E-state index in [1.807, 2.05) is 110 Å². The molecule has 0 aliphatic heterocycles. The summed E-state index contributed by atoms with van der Waals surface area (Å²) >= 11 is 0. The third-order valence-corrected chi connectivity index (χ3v) is 6.30. The highest BCUT2D eigenvalue weighted by atomic mass is 16.3. The van der Waals surface area contributed by atoms with Gasteiger partial charge in [0.15, 0.2) is 0 Å². The van der Waals surface area contributed by atoms with Crippen LogP contribution in [-0.4, -0.2) is 34.8 Å². The Bertz CT molecular complexity index is 1230. The summed E-state index contributed by atoms with van der Waals surface area (Å²) in [4.78, 5) is 22.7. The number of phenolic OH excluding ortho intramolecular Hbond substituents is 1. The van der Waals surface area contributed by atoms with Crippen LogP contribution in [-0.2, 0) is 39.3 Å². The summed E-state index contributed by atoms with van der Waals surface area (Å²) in [5.74, 6) is 0.258. The molecule has 39 heavy (non-hydrogen) atoms. The first-order chi connectivity index (χ1) is 19.2. The van der Waals surface area contributed by atoms with Gasteiger partial charge >= 0.3 is 0 Å². The van der Waals surface area contributed by atoms with Crippen LogP contribution >= 0.6 is 0 Å². The van der Waals surface area contributed by atoms with Crippen LogP contribution in [0.4, 0.5) is 0 Å². The molecular formula is C32H32N6O. The average molecular weight is 517 g/mol. The summed E-state index contributed by atoms with van der Waals surface area (Å²) in [6.07, 6.45) is 7.27.